The molecule has 0 saturated carbocycles. The molecule has 2 rings (SSSR count). The number of halogens is 1. The number of amides is 1. The molecule has 24 heavy (non-hydrogen) atoms. The maximum atomic E-state index is 14.0. The molecule has 0 unspecified atom stereocenters. The van der Waals surface area contributed by atoms with E-state index < -0.39 is 17.3 Å². The van der Waals surface area contributed by atoms with E-state index in [1.807, 2.05) is 13.8 Å². The van der Waals surface area contributed by atoms with Gasteiger partial charge in [-0.15, -0.1) is 0 Å². The maximum Gasteiger partial charge on any atom is 0.311 e. The Balaban J connectivity index is 2.15. The van der Waals surface area contributed by atoms with Gasteiger partial charge >= 0.3 is 5.97 Å². The monoisotopic (exact) mass is 333 g/mol. The van der Waals surface area contributed by atoms with Crippen molar-refractivity contribution in [3.05, 3.63) is 58.8 Å². The Kier molecular flexibility index (Phi) is 5.07. The zero-order valence-electron chi connectivity index (χ0n) is 13.9. The molecule has 0 bridgehead atoms. The molecule has 1 heterocycles. The van der Waals surface area contributed by atoms with E-state index in [2.05, 4.69) is 5.32 Å². The van der Waals surface area contributed by atoms with Crippen LogP contribution in [-0.2, 0) is 16.6 Å². The minimum Gasteiger partial charge on any atom is -0.481 e. The van der Waals surface area contributed by atoms with Gasteiger partial charge in [-0.25, -0.2) is 4.39 Å². The number of carboxylic acids is 1. The number of aryl methyl sites for hydroxylation is 1. The van der Waals surface area contributed by atoms with Gasteiger partial charge in [0.1, 0.15) is 18.0 Å². The molecule has 0 spiro atoms. The molecule has 0 aliphatic heterocycles. The molecule has 5 nitrogen and oxygen atoms in total. The van der Waals surface area contributed by atoms with Gasteiger partial charge in [-0.05, 0) is 18.6 Å². The molecule has 1 aromatic heterocycles. The fourth-order valence-electron chi connectivity index (χ4n) is 2.57. The summed E-state index contributed by atoms with van der Waals surface area (Å²) in [5.41, 5.74) is 0.667. The molecule has 0 radical (unpaired) electrons. The fourth-order valence-corrected chi connectivity index (χ4v) is 2.57. The van der Waals surface area contributed by atoms with Crippen molar-refractivity contribution >= 4 is 11.9 Å². The van der Waals surface area contributed by atoms with Crippen LogP contribution in [0.3, 0.4) is 0 Å². The van der Waals surface area contributed by atoms with Crippen molar-refractivity contribution in [1.29, 1.82) is 0 Å². The third-order valence-electron chi connectivity index (χ3n) is 3.88. The van der Waals surface area contributed by atoms with E-state index in [-0.39, 0.29) is 30.1 Å². The average molecular weight is 333 g/mol. The van der Waals surface area contributed by atoms with Crippen molar-refractivity contribution in [1.82, 2.24) is 5.32 Å². The lowest BCUT2D eigenvalue weighted by Gasteiger charge is -2.26. The van der Waals surface area contributed by atoms with Crippen LogP contribution in [0.4, 0.5) is 4.39 Å². The number of carbonyl (C=O) groups excluding carboxylic acids is 1. The largest absolute Gasteiger partial charge is 0.481 e. The van der Waals surface area contributed by atoms with Gasteiger partial charge in [-0.1, -0.05) is 32.0 Å². The number of furan rings is 1. The Hall–Kier alpha value is -2.63. The van der Waals surface area contributed by atoms with Gasteiger partial charge in [-0.2, -0.15) is 0 Å². The van der Waals surface area contributed by atoms with Crippen molar-refractivity contribution in [3.63, 3.8) is 0 Å². The first-order chi connectivity index (χ1) is 11.2. The summed E-state index contributed by atoms with van der Waals surface area (Å²) in [6.45, 7) is 5.52. The number of aliphatic carboxylic acids is 1. The quantitative estimate of drug-likeness (QED) is 0.851. The van der Waals surface area contributed by atoms with Crippen LogP contribution < -0.4 is 5.32 Å². The third-order valence-corrected chi connectivity index (χ3v) is 3.88. The van der Waals surface area contributed by atoms with E-state index >= 15 is 0 Å². The highest BCUT2D eigenvalue weighted by Gasteiger charge is 2.26. The highest BCUT2D eigenvalue weighted by atomic mass is 19.1. The highest BCUT2D eigenvalue weighted by molar-refractivity contribution is 5.97. The van der Waals surface area contributed by atoms with Crippen LogP contribution in [0.2, 0.25) is 0 Å². The predicted molar refractivity (Wildman–Crippen MR) is 86.5 cm³/mol. The summed E-state index contributed by atoms with van der Waals surface area (Å²) in [4.78, 5) is 23.3. The van der Waals surface area contributed by atoms with E-state index in [4.69, 9.17) is 9.52 Å². The number of hydrogen-bond acceptors (Lipinski definition) is 3. The summed E-state index contributed by atoms with van der Waals surface area (Å²) < 4.78 is 19.1. The van der Waals surface area contributed by atoms with Crippen LogP contribution in [0, 0.1) is 12.7 Å². The van der Waals surface area contributed by atoms with Crippen molar-refractivity contribution in [2.45, 2.75) is 32.6 Å². The van der Waals surface area contributed by atoms with E-state index in [1.165, 1.54) is 12.3 Å². The predicted octanol–water partition coefficient (Wildman–Crippen LogP) is 3.06. The zero-order valence-corrected chi connectivity index (χ0v) is 13.9. The summed E-state index contributed by atoms with van der Waals surface area (Å²) in [6.07, 6.45) is 0.989. The summed E-state index contributed by atoms with van der Waals surface area (Å²) in [5, 5.41) is 11.6. The number of carbonyl (C=O) groups is 2. The molecule has 128 valence electrons. The van der Waals surface area contributed by atoms with Gasteiger partial charge in [0.05, 0.1) is 11.8 Å². The van der Waals surface area contributed by atoms with Gasteiger partial charge in [0.2, 0.25) is 0 Å². The molecule has 6 heteroatoms. The topological polar surface area (TPSA) is 79.5 Å². The van der Waals surface area contributed by atoms with E-state index in [0.29, 0.717) is 11.1 Å². The second-order valence-corrected chi connectivity index (χ2v) is 6.33. The number of hydrogen-bond donors (Lipinski definition) is 2. The van der Waals surface area contributed by atoms with Crippen LogP contribution in [0.25, 0.3) is 0 Å². The van der Waals surface area contributed by atoms with Crippen molar-refractivity contribution in [3.8, 4) is 0 Å². The van der Waals surface area contributed by atoms with Crippen molar-refractivity contribution in [2.24, 2.45) is 0 Å². The van der Waals surface area contributed by atoms with Crippen molar-refractivity contribution in [2.75, 3.05) is 6.54 Å². The van der Waals surface area contributed by atoms with Crippen LogP contribution in [0.5, 0.6) is 0 Å². The Morgan fingerprint density at radius 2 is 1.96 bits per heavy atom. The lowest BCUT2D eigenvalue weighted by Crippen LogP contribution is -2.37. The van der Waals surface area contributed by atoms with Gasteiger partial charge < -0.3 is 14.8 Å². The minimum atomic E-state index is -1.08. The summed E-state index contributed by atoms with van der Waals surface area (Å²) in [5.74, 6) is -1.73. The SMILES string of the molecule is Cc1coc(CC(=O)O)c1C(=O)NCC(C)(C)c1ccccc1F. The normalized spacial score (nSPS) is 11.3. The van der Waals surface area contributed by atoms with Gasteiger partial charge in [0, 0.05) is 17.5 Å². The second-order valence-electron chi connectivity index (χ2n) is 6.33. The van der Waals surface area contributed by atoms with Crippen LogP contribution in [0.15, 0.2) is 34.9 Å². The number of nitrogens with one attached hydrogen (secondary N) is 1. The molecule has 2 N–H and O–H groups in total. The standard InChI is InChI=1S/C18H20FNO4/c1-11-9-24-14(8-15(21)22)16(11)17(23)20-10-18(2,3)12-6-4-5-7-13(12)19/h4-7,9H,8,10H2,1-3H3,(H,20,23)(H,21,22). The zero-order chi connectivity index (χ0) is 17.9. The van der Waals surface area contributed by atoms with Crippen LogP contribution >= 0.6 is 0 Å². The smallest absolute Gasteiger partial charge is 0.311 e. The molecule has 0 fully saturated rings. The Labute approximate surface area is 139 Å². The highest BCUT2D eigenvalue weighted by Crippen LogP contribution is 2.25. The lowest BCUT2D eigenvalue weighted by molar-refractivity contribution is -0.136. The molecular formula is C18H20FNO4. The number of benzene rings is 1. The van der Waals surface area contributed by atoms with E-state index in [0.717, 1.165) is 0 Å². The second kappa shape index (κ2) is 6.86. The third kappa shape index (κ3) is 3.82. The van der Waals surface area contributed by atoms with Crippen LogP contribution in [-0.4, -0.2) is 23.5 Å². The van der Waals surface area contributed by atoms with Gasteiger partial charge in [0.15, 0.2) is 0 Å². The summed E-state index contributed by atoms with van der Waals surface area (Å²) in [6, 6.07) is 6.41. The minimum absolute atomic E-state index is 0.112. The molecular weight excluding hydrogens is 313 g/mol. The maximum absolute atomic E-state index is 14.0. The molecule has 2 aromatic rings. The summed E-state index contributed by atoms with van der Waals surface area (Å²) >= 11 is 0. The first-order valence-electron chi connectivity index (χ1n) is 7.54. The molecule has 0 aliphatic carbocycles. The number of rotatable bonds is 6. The Morgan fingerprint density at radius 3 is 2.58 bits per heavy atom. The first kappa shape index (κ1) is 17.7. The van der Waals surface area contributed by atoms with E-state index in [9.17, 15) is 14.0 Å². The van der Waals surface area contributed by atoms with Gasteiger partial charge in [0.25, 0.3) is 5.91 Å². The molecule has 1 aromatic carbocycles. The summed E-state index contributed by atoms with van der Waals surface area (Å²) in [7, 11) is 0. The average Bonchev–Trinajstić information content (AvgIpc) is 2.85. The lowest BCUT2D eigenvalue weighted by atomic mass is 9.84. The van der Waals surface area contributed by atoms with Crippen LogP contribution in [0.1, 0.15) is 41.1 Å². The number of carboxylic acid groups (broad SMARTS) is 1. The van der Waals surface area contributed by atoms with E-state index in [1.54, 1.807) is 25.1 Å². The first-order valence-corrected chi connectivity index (χ1v) is 7.54. The molecule has 0 atom stereocenters. The van der Waals surface area contributed by atoms with Crippen molar-refractivity contribution < 1.29 is 23.5 Å². The van der Waals surface area contributed by atoms with Gasteiger partial charge in [-0.3, -0.25) is 9.59 Å². The Bertz CT molecular complexity index is 764. The molecule has 0 aliphatic rings. The Morgan fingerprint density at radius 1 is 1.29 bits per heavy atom. The fraction of sp³-hybridized carbons (Fsp3) is 0.333. The molecule has 1 amide bonds. The molecule has 0 saturated heterocycles.